The third-order valence-corrected chi connectivity index (χ3v) is 6.74. The van der Waals surface area contributed by atoms with Gasteiger partial charge in [0.2, 0.25) is 0 Å². The number of nitrogens with one attached hydrogen (secondary N) is 1. The van der Waals surface area contributed by atoms with Crippen molar-refractivity contribution >= 4 is 67.6 Å². The number of hydrogen-bond donors (Lipinski definition) is 1. The van der Waals surface area contributed by atoms with E-state index in [1.165, 1.54) is 0 Å². The first-order valence-electron chi connectivity index (χ1n) is 10.1. The van der Waals surface area contributed by atoms with Crippen LogP contribution in [-0.4, -0.2) is 5.91 Å². The molecule has 0 radical (unpaired) electrons. The van der Waals surface area contributed by atoms with Crippen LogP contribution in [0.2, 0.25) is 10.0 Å². The minimum Gasteiger partial charge on any atom is -0.321 e. The average molecular weight is 536 g/mol. The number of carbonyl (C=O) groups excluding carboxylic acids is 1. The average Bonchev–Trinajstić information content (AvgIpc) is 2.82. The molecule has 4 rings (SSSR count). The molecule has 4 aromatic carbocycles. The summed E-state index contributed by atoms with van der Waals surface area (Å²) in [6.07, 6.45) is 2.30. The first kappa shape index (κ1) is 23.1. The van der Waals surface area contributed by atoms with E-state index in [1.54, 1.807) is 24.3 Å². The number of fused-ring (bicyclic) bond motifs is 1. The third kappa shape index (κ3) is 5.29. The maximum absolute atomic E-state index is 12.9. The van der Waals surface area contributed by atoms with E-state index in [1.807, 2.05) is 54.6 Å². The van der Waals surface area contributed by atoms with E-state index in [2.05, 4.69) is 33.4 Å². The van der Waals surface area contributed by atoms with E-state index >= 15 is 0 Å². The summed E-state index contributed by atoms with van der Waals surface area (Å²) in [4.78, 5) is 12.9. The van der Waals surface area contributed by atoms with Gasteiger partial charge in [-0.25, -0.2) is 0 Å². The molecule has 6 heteroatoms. The lowest BCUT2D eigenvalue weighted by Gasteiger charge is -2.13. The van der Waals surface area contributed by atoms with Gasteiger partial charge in [-0.2, -0.15) is 5.26 Å². The lowest BCUT2D eigenvalue weighted by Crippen LogP contribution is -2.13. The molecule has 162 valence electrons. The quantitative estimate of drug-likeness (QED) is 0.207. The minimum absolute atomic E-state index is 0.00852. The molecule has 0 spiro atoms. The van der Waals surface area contributed by atoms with Crippen LogP contribution in [0.3, 0.4) is 0 Å². The summed E-state index contributed by atoms with van der Waals surface area (Å²) in [6.45, 7) is 0. The van der Waals surface area contributed by atoms with Crippen molar-refractivity contribution in [3.8, 4) is 6.07 Å². The van der Waals surface area contributed by atoms with Gasteiger partial charge in [-0.15, -0.1) is 0 Å². The van der Waals surface area contributed by atoms with E-state index in [-0.39, 0.29) is 5.57 Å². The van der Waals surface area contributed by atoms with Gasteiger partial charge >= 0.3 is 0 Å². The van der Waals surface area contributed by atoms with Crippen molar-refractivity contribution < 1.29 is 4.79 Å². The Morgan fingerprint density at radius 1 is 0.939 bits per heavy atom. The Labute approximate surface area is 210 Å². The van der Waals surface area contributed by atoms with E-state index in [0.717, 1.165) is 31.9 Å². The highest BCUT2D eigenvalue weighted by Crippen LogP contribution is 2.29. The van der Waals surface area contributed by atoms with Crippen LogP contribution in [0, 0.1) is 11.3 Å². The zero-order valence-corrected chi connectivity index (χ0v) is 20.4. The molecule has 0 saturated heterocycles. The predicted molar refractivity (Wildman–Crippen MR) is 140 cm³/mol. The second-order valence-electron chi connectivity index (χ2n) is 7.38. The zero-order chi connectivity index (χ0) is 23.4. The topological polar surface area (TPSA) is 52.9 Å². The predicted octanol–water partition coefficient (Wildman–Crippen LogP) is 8.05. The fourth-order valence-corrected chi connectivity index (χ4v) is 4.30. The standard InChI is InChI=1S/C27H17BrCl2N2O/c28-24-8-4-2-6-19(24)13-18-10-9-17-5-1-3-7-22(17)23(18)14-20(16-31)27(33)32-21-11-12-25(29)26(30)15-21/h1-12,14-15H,13H2,(H,32,33)/b20-14+. The maximum atomic E-state index is 12.9. The largest absolute Gasteiger partial charge is 0.321 e. The Kier molecular flexibility index (Phi) is 7.15. The van der Waals surface area contributed by atoms with Crippen LogP contribution < -0.4 is 5.32 Å². The summed E-state index contributed by atoms with van der Waals surface area (Å²) < 4.78 is 1.01. The van der Waals surface area contributed by atoms with Crippen molar-refractivity contribution in [3.05, 3.63) is 116 Å². The van der Waals surface area contributed by atoms with Gasteiger partial charge < -0.3 is 5.32 Å². The van der Waals surface area contributed by atoms with Crippen LogP contribution in [0.25, 0.3) is 16.8 Å². The van der Waals surface area contributed by atoms with Crippen molar-refractivity contribution in [3.63, 3.8) is 0 Å². The number of carbonyl (C=O) groups is 1. The minimum atomic E-state index is -0.518. The number of hydrogen-bond acceptors (Lipinski definition) is 2. The summed E-state index contributed by atoms with van der Waals surface area (Å²) >= 11 is 15.6. The highest BCUT2D eigenvalue weighted by Gasteiger charge is 2.14. The summed E-state index contributed by atoms with van der Waals surface area (Å²) in [5.41, 5.74) is 3.41. The van der Waals surface area contributed by atoms with Gasteiger partial charge in [-0.05, 0) is 64.2 Å². The molecule has 33 heavy (non-hydrogen) atoms. The van der Waals surface area contributed by atoms with Crippen LogP contribution in [-0.2, 0) is 11.2 Å². The van der Waals surface area contributed by atoms with Gasteiger partial charge in [0.1, 0.15) is 11.6 Å². The van der Waals surface area contributed by atoms with E-state index < -0.39 is 5.91 Å². The van der Waals surface area contributed by atoms with Gasteiger partial charge in [-0.3, -0.25) is 4.79 Å². The molecule has 0 aliphatic heterocycles. The second-order valence-corrected chi connectivity index (χ2v) is 9.05. The lowest BCUT2D eigenvalue weighted by atomic mass is 9.93. The Balaban J connectivity index is 1.77. The molecule has 3 nitrogen and oxygen atoms in total. The van der Waals surface area contributed by atoms with Gasteiger partial charge in [0.25, 0.3) is 5.91 Å². The molecule has 1 N–H and O–H groups in total. The van der Waals surface area contributed by atoms with Crippen molar-refractivity contribution in [2.24, 2.45) is 0 Å². The first-order chi connectivity index (χ1) is 16.0. The molecule has 0 aliphatic rings. The summed E-state index contributed by atoms with van der Waals surface area (Å²) in [7, 11) is 0. The number of amides is 1. The Morgan fingerprint density at radius 2 is 1.70 bits per heavy atom. The fraction of sp³-hybridized carbons (Fsp3) is 0.0370. The van der Waals surface area contributed by atoms with E-state index in [4.69, 9.17) is 23.2 Å². The van der Waals surface area contributed by atoms with E-state index in [9.17, 15) is 10.1 Å². The van der Waals surface area contributed by atoms with E-state index in [0.29, 0.717) is 22.2 Å². The summed E-state index contributed by atoms with van der Waals surface area (Å²) in [6, 6.07) is 26.8. The molecule has 0 saturated carbocycles. The van der Waals surface area contributed by atoms with Gasteiger partial charge in [0.15, 0.2) is 0 Å². The highest BCUT2D eigenvalue weighted by atomic mass is 79.9. The SMILES string of the molecule is N#C/C(=C\c1c(Cc2ccccc2Br)ccc2ccccc12)C(=O)Nc1ccc(Cl)c(Cl)c1. The number of rotatable bonds is 5. The molecule has 1 amide bonds. The van der Waals surface area contributed by atoms with Crippen LogP contribution in [0.5, 0.6) is 0 Å². The number of anilines is 1. The van der Waals surface area contributed by atoms with Gasteiger partial charge in [0, 0.05) is 10.2 Å². The smallest absolute Gasteiger partial charge is 0.266 e. The van der Waals surface area contributed by atoms with Crippen molar-refractivity contribution in [2.75, 3.05) is 5.32 Å². The molecular formula is C27H17BrCl2N2O. The van der Waals surface area contributed by atoms with Crippen LogP contribution in [0.15, 0.2) is 88.9 Å². The molecular weight excluding hydrogens is 519 g/mol. The zero-order valence-electron chi connectivity index (χ0n) is 17.3. The second kappa shape index (κ2) is 10.2. The third-order valence-electron chi connectivity index (χ3n) is 5.23. The molecule has 0 aliphatic carbocycles. The first-order valence-corrected chi connectivity index (χ1v) is 11.6. The summed E-state index contributed by atoms with van der Waals surface area (Å²) in [5, 5.41) is 15.2. The van der Waals surface area contributed by atoms with Crippen molar-refractivity contribution in [2.45, 2.75) is 6.42 Å². The normalized spacial score (nSPS) is 11.3. The molecule has 0 atom stereocenters. The molecule has 0 bridgehead atoms. The molecule has 0 heterocycles. The number of benzene rings is 4. The maximum Gasteiger partial charge on any atom is 0.266 e. The van der Waals surface area contributed by atoms with Crippen molar-refractivity contribution in [1.29, 1.82) is 5.26 Å². The van der Waals surface area contributed by atoms with Gasteiger partial charge in [0.05, 0.1) is 10.0 Å². The van der Waals surface area contributed by atoms with Crippen molar-refractivity contribution in [1.82, 2.24) is 0 Å². The number of halogens is 3. The lowest BCUT2D eigenvalue weighted by molar-refractivity contribution is -0.112. The van der Waals surface area contributed by atoms with Gasteiger partial charge in [-0.1, -0.05) is 93.7 Å². The highest BCUT2D eigenvalue weighted by molar-refractivity contribution is 9.10. The molecule has 0 aromatic heterocycles. The summed E-state index contributed by atoms with van der Waals surface area (Å²) in [5.74, 6) is -0.518. The fourth-order valence-electron chi connectivity index (χ4n) is 3.58. The molecule has 0 fully saturated rings. The Morgan fingerprint density at radius 3 is 2.45 bits per heavy atom. The molecule has 0 unspecified atom stereocenters. The molecule has 4 aromatic rings. The van der Waals surface area contributed by atoms with Crippen LogP contribution in [0.4, 0.5) is 5.69 Å². The Hall–Kier alpha value is -3.10. The number of nitrogens with zero attached hydrogens (tertiary/aromatic N) is 1. The monoisotopic (exact) mass is 534 g/mol. The Bertz CT molecular complexity index is 1440. The van der Waals surface area contributed by atoms with Crippen LogP contribution in [0.1, 0.15) is 16.7 Å². The van der Waals surface area contributed by atoms with Crippen LogP contribution >= 0.6 is 39.1 Å². The number of nitriles is 1.